The number of ether oxygens (including phenoxy) is 2. The summed E-state index contributed by atoms with van der Waals surface area (Å²) < 4.78 is 11.9. The number of benzene rings is 1. The summed E-state index contributed by atoms with van der Waals surface area (Å²) in [5.74, 6) is -1.19. The summed E-state index contributed by atoms with van der Waals surface area (Å²) in [4.78, 5) is 34.8. The monoisotopic (exact) mass is 517 g/mol. The van der Waals surface area contributed by atoms with Crippen LogP contribution in [-0.4, -0.2) is 82.4 Å². The fourth-order valence-corrected chi connectivity index (χ4v) is 3.89. The van der Waals surface area contributed by atoms with Gasteiger partial charge in [-0.1, -0.05) is 36.3 Å². The topological polar surface area (TPSA) is 189 Å². The Kier molecular flexibility index (Phi) is 7.07. The van der Waals surface area contributed by atoms with Gasteiger partial charge in [-0.15, -0.1) is 6.42 Å². The molecule has 0 saturated carbocycles. The average Bonchev–Trinajstić information content (AvgIpc) is 3.37. The Morgan fingerprint density at radius 1 is 1.28 bits per heavy atom. The Morgan fingerprint density at radius 2 is 1.97 bits per heavy atom. The molecule has 1 aliphatic heterocycles. The summed E-state index contributed by atoms with van der Waals surface area (Å²) in [6.45, 7) is -0.340. The highest BCUT2D eigenvalue weighted by Crippen LogP contribution is 2.39. The van der Waals surface area contributed by atoms with Crippen LogP contribution in [0.3, 0.4) is 0 Å². The van der Waals surface area contributed by atoms with Crippen LogP contribution in [0.5, 0.6) is 0 Å². The molecule has 188 valence electrons. The second kappa shape index (κ2) is 10.1. The number of nitrogens with one attached hydrogen (secondary N) is 1. The first kappa shape index (κ1) is 25.3. The maximum Gasteiger partial charge on any atom is 0.344 e. The number of aliphatic carboxylic acids is 2. The number of carboxylic acid groups (broad SMARTS) is 2. The Labute approximate surface area is 208 Å². The molecule has 3 heterocycles. The number of aliphatic hydroxyl groups is 2. The number of aliphatic hydroxyl groups excluding tert-OH is 1. The minimum absolute atomic E-state index is 0.134. The lowest BCUT2D eigenvalue weighted by molar-refractivity contribution is -0.171. The molecule has 3 aromatic rings. The molecule has 0 unspecified atom stereocenters. The Balaban J connectivity index is 1.61. The van der Waals surface area contributed by atoms with E-state index in [4.69, 9.17) is 37.7 Å². The Hall–Kier alpha value is -3.80. The van der Waals surface area contributed by atoms with Gasteiger partial charge in [0.25, 0.3) is 6.10 Å². The maximum atomic E-state index is 11.1. The molecule has 13 nitrogen and oxygen atoms in total. The number of hydrogen-bond donors (Lipinski definition) is 5. The molecular formula is C22H20ClN5O8. The molecule has 0 spiro atoms. The van der Waals surface area contributed by atoms with Crippen molar-refractivity contribution in [3.8, 4) is 12.3 Å². The summed E-state index contributed by atoms with van der Waals surface area (Å²) >= 11 is 6.11. The molecule has 1 aromatic carbocycles. The van der Waals surface area contributed by atoms with Crippen LogP contribution in [-0.2, 0) is 25.6 Å². The zero-order valence-electron chi connectivity index (χ0n) is 18.4. The van der Waals surface area contributed by atoms with Gasteiger partial charge in [-0.05, 0) is 17.2 Å². The maximum absolute atomic E-state index is 11.1. The van der Waals surface area contributed by atoms with Crippen molar-refractivity contribution in [3.05, 3.63) is 47.5 Å². The van der Waals surface area contributed by atoms with Crippen molar-refractivity contribution in [2.24, 2.45) is 0 Å². The molecule has 0 bridgehead atoms. The molecule has 0 radical (unpaired) electrons. The lowest BCUT2D eigenvalue weighted by atomic mass is 9.93. The highest BCUT2D eigenvalue weighted by atomic mass is 35.5. The predicted molar refractivity (Wildman–Crippen MR) is 123 cm³/mol. The van der Waals surface area contributed by atoms with Crippen LogP contribution in [0, 0.1) is 12.3 Å². The van der Waals surface area contributed by atoms with Crippen LogP contribution in [0.2, 0.25) is 5.28 Å². The van der Waals surface area contributed by atoms with Gasteiger partial charge in [0.2, 0.25) is 5.28 Å². The van der Waals surface area contributed by atoms with Gasteiger partial charge < -0.3 is 35.2 Å². The standard InChI is InChI=1S/C22H20ClN5O8/c1-2-22(34)12(9-35-14(19(30)31)20(32)33)36-18(15(22)29)28-10-25-13-16(26-21(23)27-17(13)28)24-8-11-6-4-3-5-7-11/h1,3-7,10,12,14-15,18,29,34H,8-9H2,(H,30,31)(H,32,33)(H,24,26,27)/t12-,15+,18-,22-/m1/s1. The molecule has 36 heavy (non-hydrogen) atoms. The van der Waals surface area contributed by atoms with Crippen molar-refractivity contribution in [1.82, 2.24) is 19.5 Å². The minimum atomic E-state index is -2.35. The van der Waals surface area contributed by atoms with Gasteiger partial charge in [-0.25, -0.2) is 14.6 Å². The van der Waals surface area contributed by atoms with Crippen molar-refractivity contribution in [2.45, 2.75) is 36.7 Å². The van der Waals surface area contributed by atoms with Gasteiger partial charge in [0.15, 0.2) is 28.8 Å². The van der Waals surface area contributed by atoms with Crippen LogP contribution < -0.4 is 5.32 Å². The van der Waals surface area contributed by atoms with Crippen molar-refractivity contribution in [3.63, 3.8) is 0 Å². The molecule has 1 aliphatic rings. The minimum Gasteiger partial charge on any atom is -0.479 e. The molecule has 1 saturated heterocycles. The summed E-state index contributed by atoms with van der Waals surface area (Å²) in [5, 5.41) is 42.7. The first-order valence-corrected chi connectivity index (χ1v) is 10.8. The second-order valence-corrected chi connectivity index (χ2v) is 8.16. The summed E-state index contributed by atoms with van der Waals surface area (Å²) in [6.07, 6.45) is -0.123. The zero-order valence-corrected chi connectivity index (χ0v) is 19.1. The van der Waals surface area contributed by atoms with Gasteiger partial charge in [0.1, 0.15) is 12.2 Å². The van der Waals surface area contributed by atoms with E-state index in [-0.39, 0.29) is 16.4 Å². The highest BCUT2D eigenvalue weighted by Gasteiger charge is 2.56. The molecular weight excluding hydrogens is 498 g/mol. The van der Waals surface area contributed by atoms with Crippen molar-refractivity contribution < 1.29 is 39.5 Å². The fraction of sp³-hybridized carbons (Fsp3) is 0.318. The quantitative estimate of drug-likeness (QED) is 0.148. The molecule has 0 amide bonds. The van der Waals surface area contributed by atoms with Crippen molar-refractivity contribution in [2.75, 3.05) is 11.9 Å². The third-order valence-electron chi connectivity index (χ3n) is 5.58. The van der Waals surface area contributed by atoms with Gasteiger partial charge in [-0.3, -0.25) is 4.57 Å². The van der Waals surface area contributed by atoms with E-state index in [0.29, 0.717) is 12.4 Å². The Bertz CT molecular complexity index is 1320. The third kappa shape index (κ3) is 4.68. The van der Waals surface area contributed by atoms with E-state index < -0.39 is 48.7 Å². The number of imidazole rings is 1. The van der Waals surface area contributed by atoms with Gasteiger partial charge in [-0.2, -0.15) is 9.97 Å². The van der Waals surface area contributed by atoms with Gasteiger partial charge in [0, 0.05) is 6.54 Å². The highest BCUT2D eigenvalue weighted by molar-refractivity contribution is 6.28. The lowest BCUT2D eigenvalue weighted by Gasteiger charge is -2.25. The van der Waals surface area contributed by atoms with E-state index in [1.165, 1.54) is 10.9 Å². The van der Waals surface area contributed by atoms with Crippen molar-refractivity contribution >= 4 is 40.5 Å². The summed E-state index contributed by atoms with van der Waals surface area (Å²) in [7, 11) is 0. The molecule has 1 fully saturated rings. The van der Waals surface area contributed by atoms with E-state index in [9.17, 15) is 19.8 Å². The van der Waals surface area contributed by atoms with E-state index in [1.807, 2.05) is 36.3 Å². The summed E-state index contributed by atoms with van der Waals surface area (Å²) in [5.41, 5.74) is -0.956. The number of aromatic nitrogens is 4. The molecule has 4 rings (SSSR count). The van der Waals surface area contributed by atoms with E-state index in [1.54, 1.807) is 0 Å². The molecule has 4 atom stereocenters. The van der Waals surface area contributed by atoms with Crippen LogP contribution in [0.25, 0.3) is 11.2 Å². The van der Waals surface area contributed by atoms with Crippen LogP contribution >= 0.6 is 11.6 Å². The number of terminal acetylenes is 1. The zero-order chi connectivity index (χ0) is 26.0. The lowest BCUT2D eigenvalue weighted by Crippen LogP contribution is -2.49. The number of rotatable bonds is 9. The Morgan fingerprint density at radius 3 is 2.61 bits per heavy atom. The SMILES string of the molecule is C#C[C@@]1(O)[C@@H](COC(C(=O)O)C(=O)O)O[C@@H](n2cnc3c(NCc4ccccc4)nc(Cl)nc32)[C@@H]1O. The van der Waals surface area contributed by atoms with Crippen LogP contribution in [0.1, 0.15) is 11.8 Å². The largest absolute Gasteiger partial charge is 0.479 e. The number of nitrogens with zero attached hydrogens (tertiary/aromatic N) is 4. The van der Waals surface area contributed by atoms with E-state index in [0.717, 1.165) is 5.56 Å². The number of fused-ring (bicyclic) bond motifs is 1. The first-order chi connectivity index (χ1) is 17.2. The number of carbonyl (C=O) groups is 2. The van der Waals surface area contributed by atoms with Gasteiger partial charge >= 0.3 is 11.9 Å². The van der Waals surface area contributed by atoms with E-state index in [2.05, 4.69) is 20.3 Å². The number of anilines is 1. The van der Waals surface area contributed by atoms with Crippen molar-refractivity contribution in [1.29, 1.82) is 0 Å². The third-order valence-corrected chi connectivity index (χ3v) is 5.75. The predicted octanol–water partition coefficient (Wildman–Crippen LogP) is 0.269. The smallest absolute Gasteiger partial charge is 0.344 e. The number of carboxylic acids is 2. The second-order valence-electron chi connectivity index (χ2n) is 7.82. The fourth-order valence-electron chi connectivity index (χ4n) is 3.73. The average molecular weight is 518 g/mol. The molecule has 2 aromatic heterocycles. The summed E-state index contributed by atoms with van der Waals surface area (Å²) in [6, 6.07) is 9.48. The first-order valence-electron chi connectivity index (χ1n) is 10.4. The van der Waals surface area contributed by atoms with Crippen LogP contribution in [0.4, 0.5) is 5.82 Å². The normalized spacial score (nSPS) is 23.6. The van der Waals surface area contributed by atoms with Crippen LogP contribution in [0.15, 0.2) is 36.7 Å². The molecule has 5 N–H and O–H groups in total. The van der Waals surface area contributed by atoms with E-state index >= 15 is 0 Å². The molecule has 0 aliphatic carbocycles. The number of hydrogen-bond acceptors (Lipinski definition) is 10. The molecule has 14 heteroatoms. The van der Waals surface area contributed by atoms with Gasteiger partial charge in [0.05, 0.1) is 12.9 Å². The number of halogens is 1.